The molecule has 33 heavy (non-hydrogen) atoms. The van der Waals surface area contributed by atoms with Crippen molar-refractivity contribution >= 4 is 29.0 Å². The highest BCUT2D eigenvalue weighted by atomic mass is 16.5. The van der Waals surface area contributed by atoms with E-state index in [1.165, 1.54) is 7.11 Å². The Morgan fingerprint density at radius 3 is 2.36 bits per heavy atom. The van der Waals surface area contributed by atoms with E-state index in [4.69, 9.17) is 4.74 Å². The van der Waals surface area contributed by atoms with Crippen LogP contribution in [0.5, 0.6) is 0 Å². The second-order valence-electron chi connectivity index (χ2n) is 9.85. The molecule has 0 fully saturated rings. The zero-order valence-electron chi connectivity index (χ0n) is 19.8. The molecule has 6 nitrogen and oxygen atoms in total. The number of allylic oxidation sites excluding steroid dienone is 1. The number of nitrogens with zero attached hydrogens (tertiary/aromatic N) is 1. The summed E-state index contributed by atoms with van der Waals surface area (Å²) in [5.74, 6) is -0.741. The van der Waals surface area contributed by atoms with Crippen LogP contribution in [0.4, 0.5) is 11.4 Å². The molecule has 2 aromatic rings. The fourth-order valence-corrected chi connectivity index (χ4v) is 4.74. The number of Topliss-reactive ketones (excluding diaryl/α,β-unsaturated/α-hetero) is 1. The van der Waals surface area contributed by atoms with Crippen LogP contribution in [-0.2, 0) is 14.3 Å². The third kappa shape index (κ3) is 4.17. The first-order valence-electron chi connectivity index (χ1n) is 11.3. The Bertz CT molecular complexity index is 1140. The van der Waals surface area contributed by atoms with Gasteiger partial charge in [-0.3, -0.25) is 14.5 Å². The van der Waals surface area contributed by atoms with Gasteiger partial charge >= 0.3 is 5.97 Å². The van der Waals surface area contributed by atoms with E-state index in [1.54, 1.807) is 17.0 Å². The number of carbonyl (C=O) groups excluding carboxylic acids is 3. The van der Waals surface area contributed by atoms with Gasteiger partial charge < -0.3 is 10.1 Å². The Hall–Kier alpha value is -3.41. The maximum Gasteiger partial charge on any atom is 0.337 e. The number of hydrogen-bond acceptors (Lipinski definition) is 5. The predicted molar refractivity (Wildman–Crippen MR) is 128 cm³/mol. The average molecular weight is 447 g/mol. The number of methoxy groups -OCH3 is 1. The number of fused-ring (bicyclic) bond motifs is 1. The molecule has 0 saturated heterocycles. The van der Waals surface area contributed by atoms with Gasteiger partial charge in [-0.1, -0.05) is 52.0 Å². The number of ketones is 1. The summed E-state index contributed by atoms with van der Waals surface area (Å²) < 4.78 is 4.83. The Labute approximate surface area is 194 Å². The number of ether oxygens (including phenoxy) is 1. The number of hydrogen-bond donors (Lipinski definition) is 1. The lowest BCUT2D eigenvalue weighted by atomic mass is 9.73. The number of para-hydroxylation sites is 2. The van der Waals surface area contributed by atoms with Crippen LogP contribution in [0.2, 0.25) is 0 Å². The fraction of sp³-hybridized carbons (Fsp3) is 0.370. The van der Waals surface area contributed by atoms with Crippen molar-refractivity contribution in [1.29, 1.82) is 0 Å². The van der Waals surface area contributed by atoms with Gasteiger partial charge in [0.05, 0.1) is 30.1 Å². The molecule has 0 aromatic heterocycles. The smallest absolute Gasteiger partial charge is 0.337 e. The predicted octanol–water partition coefficient (Wildman–Crippen LogP) is 5.27. The summed E-state index contributed by atoms with van der Waals surface area (Å²) in [5.41, 5.74) is 4.01. The second kappa shape index (κ2) is 8.50. The van der Waals surface area contributed by atoms with Crippen LogP contribution in [0.15, 0.2) is 59.8 Å². The molecule has 2 aliphatic rings. The van der Waals surface area contributed by atoms with Crippen molar-refractivity contribution in [3.63, 3.8) is 0 Å². The fourth-order valence-electron chi connectivity index (χ4n) is 4.74. The highest BCUT2D eigenvalue weighted by Crippen LogP contribution is 2.48. The summed E-state index contributed by atoms with van der Waals surface area (Å²) in [5, 5.41) is 3.50. The molecule has 1 atom stereocenters. The van der Waals surface area contributed by atoms with Crippen molar-refractivity contribution in [2.24, 2.45) is 11.3 Å². The molecule has 172 valence electrons. The Morgan fingerprint density at radius 1 is 1.06 bits per heavy atom. The minimum absolute atomic E-state index is 0.0326. The van der Waals surface area contributed by atoms with Crippen molar-refractivity contribution < 1.29 is 19.1 Å². The second-order valence-corrected chi connectivity index (χ2v) is 9.85. The first-order valence-corrected chi connectivity index (χ1v) is 11.3. The van der Waals surface area contributed by atoms with E-state index in [0.717, 1.165) is 22.6 Å². The zero-order valence-corrected chi connectivity index (χ0v) is 19.8. The SMILES string of the molecule is COC(=O)c1ccc([C@@H]2C3=C(CC(C)(C)CC3=O)Nc3ccccc3N2C(=O)C(C)C)cc1. The van der Waals surface area contributed by atoms with Crippen LogP contribution in [0.1, 0.15) is 62.5 Å². The highest BCUT2D eigenvalue weighted by Gasteiger charge is 2.43. The molecular weight excluding hydrogens is 416 g/mol. The minimum atomic E-state index is -0.596. The van der Waals surface area contributed by atoms with Crippen LogP contribution in [0.3, 0.4) is 0 Å². The van der Waals surface area contributed by atoms with Crippen LogP contribution in [0, 0.1) is 11.3 Å². The molecule has 1 aliphatic carbocycles. The van der Waals surface area contributed by atoms with Crippen molar-refractivity contribution in [2.75, 3.05) is 17.3 Å². The van der Waals surface area contributed by atoms with E-state index >= 15 is 0 Å². The Balaban J connectivity index is 1.97. The number of anilines is 2. The van der Waals surface area contributed by atoms with Crippen LogP contribution in [0.25, 0.3) is 0 Å². The lowest BCUT2D eigenvalue weighted by molar-refractivity contribution is -0.122. The number of amides is 1. The van der Waals surface area contributed by atoms with Crippen molar-refractivity contribution in [3.8, 4) is 0 Å². The highest BCUT2D eigenvalue weighted by molar-refractivity contribution is 6.06. The van der Waals surface area contributed by atoms with E-state index in [0.29, 0.717) is 24.0 Å². The van der Waals surface area contributed by atoms with Gasteiger partial charge in [0.1, 0.15) is 0 Å². The molecule has 6 heteroatoms. The molecule has 0 bridgehead atoms. The van der Waals surface area contributed by atoms with E-state index in [-0.39, 0.29) is 23.0 Å². The lowest BCUT2D eigenvalue weighted by Crippen LogP contribution is -2.41. The summed E-state index contributed by atoms with van der Waals surface area (Å²) in [6.45, 7) is 7.90. The van der Waals surface area contributed by atoms with Crippen molar-refractivity contribution in [2.45, 2.75) is 46.6 Å². The average Bonchev–Trinajstić information content (AvgIpc) is 2.91. The minimum Gasteiger partial charge on any atom is -0.465 e. The third-order valence-electron chi connectivity index (χ3n) is 6.28. The van der Waals surface area contributed by atoms with Crippen LogP contribution in [-0.4, -0.2) is 24.8 Å². The van der Waals surface area contributed by atoms with Gasteiger partial charge in [-0.2, -0.15) is 0 Å². The number of benzene rings is 2. The van der Waals surface area contributed by atoms with Crippen molar-refractivity contribution in [1.82, 2.24) is 0 Å². The molecule has 0 saturated carbocycles. The summed E-state index contributed by atoms with van der Waals surface area (Å²) in [7, 11) is 1.34. The van der Waals surface area contributed by atoms with Gasteiger partial charge in [0.25, 0.3) is 0 Å². The number of carbonyl (C=O) groups is 3. The molecule has 1 N–H and O–H groups in total. The molecule has 0 spiro atoms. The van der Waals surface area contributed by atoms with Gasteiger partial charge in [-0.25, -0.2) is 4.79 Å². The van der Waals surface area contributed by atoms with Gasteiger partial charge in [0.2, 0.25) is 5.91 Å². The van der Waals surface area contributed by atoms with E-state index < -0.39 is 12.0 Å². The first kappa shape index (κ1) is 22.8. The van der Waals surface area contributed by atoms with E-state index in [1.807, 2.05) is 50.2 Å². The third-order valence-corrected chi connectivity index (χ3v) is 6.28. The number of nitrogens with one attached hydrogen (secondary N) is 1. The summed E-state index contributed by atoms with van der Waals surface area (Å²) in [6.07, 6.45) is 1.10. The zero-order chi connectivity index (χ0) is 23.9. The number of esters is 1. The number of rotatable bonds is 3. The summed E-state index contributed by atoms with van der Waals surface area (Å²) in [6, 6.07) is 14.1. The quantitative estimate of drug-likeness (QED) is 0.650. The molecule has 1 amide bonds. The first-order chi connectivity index (χ1) is 15.6. The Kier molecular flexibility index (Phi) is 5.87. The molecular formula is C27H30N2O4. The van der Waals surface area contributed by atoms with E-state index in [9.17, 15) is 14.4 Å². The molecule has 4 rings (SSSR count). The molecule has 0 unspecified atom stereocenters. The molecule has 0 radical (unpaired) electrons. The van der Waals surface area contributed by atoms with Gasteiger partial charge in [0, 0.05) is 23.6 Å². The van der Waals surface area contributed by atoms with Gasteiger partial charge in [0.15, 0.2) is 5.78 Å². The molecule has 1 aliphatic heterocycles. The van der Waals surface area contributed by atoms with Crippen LogP contribution < -0.4 is 10.2 Å². The van der Waals surface area contributed by atoms with Gasteiger partial charge in [-0.15, -0.1) is 0 Å². The topological polar surface area (TPSA) is 75.7 Å². The summed E-state index contributed by atoms with van der Waals surface area (Å²) >= 11 is 0. The largest absolute Gasteiger partial charge is 0.465 e. The lowest BCUT2D eigenvalue weighted by Gasteiger charge is -2.37. The normalized spacial score (nSPS) is 19.4. The van der Waals surface area contributed by atoms with Gasteiger partial charge in [-0.05, 0) is 41.7 Å². The van der Waals surface area contributed by atoms with Crippen molar-refractivity contribution in [3.05, 3.63) is 70.9 Å². The monoisotopic (exact) mass is 446 g/mol. The standard InChI is InChI=1S/C27H30N2O4/c1-16(2)25(31)29-21-9-7-6-8-19(21)28-20-14-27(3,4)15-22(30)23(20)24(29)17-10-12-18(13-11-17)26(32)33-5/h6-13,16,24,28H,14-15H2,1-5H3/t24-/m1/s1. The molecule has 1 heterocycles. The maximum atomic E-state index is 13.6. The molecule has 2 aromatic carbocycles. The van der Waals surface area contributed by atoms with Crippen LogP contribution >= 0.6 is 0 Å². The van der Waals surface area contributed by atoms with E-state index in [2.05, 4.69) is 19.2 Å². The Morgan fingerprint density at radius 2 is 1.73 bits per heavy atom. The maximum absolute atomic E-state index is 13.6. The summed E-state index contributed by atoms with van der Waals surface area (Å²) in [4.78, 5) is 40.9.